The zero-order chi connectivity index (χ0) is 15.7. The third kappa shape index (κ3) is 5.79. The molecule has 0 aliphatic heterocycles. The van der Waals surface area contributed by atoms with E-state index in [4.69, 9.17) is 9.84 Å². The molecule has 0 bridgehead atoms. The number of nitrogens with one attached hydrogen (secondary N) is 1. The van der Waals surface area contributed by atoms with Crippen LogP contribution in [0.3, 0.4) is 0 Å². The Morgan fingerprint density at radius 1 is 1.24 bits per heavy atom. The van der Waals surface area contributed by atoms with Gasteiger partial charge >= 0.3 is 0 Å². The number of methoxy groups -OCH3 is 1. The molecule has 1 rings (SSSR count). The van der Waals surface area contributed by atoms with Crippen LogP contribution in [0.5, 0.6) is 0 Å². The van der Waals surface area contributed by atoms with E-state index in [1.54, 1.807) is 7.11 Å². The van der Waals surface area contributed by atoms with Crippen LogP contribution in [0.25, 0.3) is 0 Å². The van der Waals surface area contributed by atoms with E-state index in [2.05, 4.69) is 37.7 Å². The van der Waals surface area contributed by atoms with Gasteiger partial charge in [-0.25, -0.2) is 0 Å². The molecule has 0 fully saturated rings. The molecule has 0 saturated heterocycles. The minimum Gasteiger partial charge on any atom is -0.383 e. The summed E-state index contributed by atoms with van der Waals surface area (Å²) in [5, 5.41) is 8.30. The fraction of sp³-hybridized carbons (Fsp3) is 0.824. The van der Waals surface area contributed by atoms with Gasteiger partial charge in [-0.3, -0.25) is 4.68 Å². The van der Waals surface area contributed by atoms with Gasteiger partial charge in [0.1, 0.15) is 0 Å². The Balaban J connectivity index is 2.72. The van der Waals surface area contributed by atoms with Gasteiger partial charge in [-0.15, -0.1) is 0 Å². The van der Waals surface area contributed by atoms with E-state index < -0.39 is 0 Å². The number of aryl methyl sites for hydroxylation is 2. The van der Waals surface area contributed by atoms with Crippen molar-refractivity contribution in [3.63, 3.8) is 0 Å². The molecule has 4 nitrogen and oxygen atoms in total. The van der Waals surface area contributed by atoms with Gasteiger partial charge in [0.05, 0.1) is 12.3 Å². The molecule has 0 aliphatic rings. The minimum atomic E-state index is 0.755. The summed E-state index contributed by atoms with van der Waals surface area (Å²) in [5.41, 5.74) is 4.06. The van der Waals surface area contributed by atoms with Crippen molar-refractivity contribution in [3.8, 4) is 0 Å². The maximum Gasteiger partial charge on any atom is 0.0669 e. The van der Waals surface area contributed by atoms with Gasteiger partial charge < -0.3 is 10.1 Å². The molecular formula is C17H33N3O. The number of ether oxygens (including phenoxy) is 1. The summed E-state index contributed by atoms with van der Waals surface area (Å²) in [4.78, 5) is 0. The normalized spacial score (nSPS) is 11.5. The van der Waals surface area contributed by atoms with Crippen molar-refractivity contribution < 1.29 is 4.74 Å². The summed E-state index contributed by atoms with van der Waals surface area (Å²) < 4.78 is 7.33. The van der Waals surface area contributed by atoms with Gasteiger partial charge in [0.2, 0.25) is 0 Å². The molecule has 1 aromatic rings. The monoisotopic (exact) mass is 295 g/mol. The van der Waals surface area contributed by atoms with Crippen LogP contribution in [0.1, 0.15) is 57.5 Å². The molecule has 21 heavy (non-hydrogen) atoms. The average molecular weight is 295 g/mol. The molecule has 4 heteroatoms. The molecule has 1 N–H and O–H groups in total. The minimum absolute atomic E-state index is 0.755. The van der Waals surface area contributed by atoms with Crippen molar-refractivity contribution in [3.05, 3.63) is 17.0 Å². The van der Waals surface area contributed by atoms with Crippen molar-refractivity contribution in [2.45, 2.75) is 66.5 Å². The second-order valence-electron chi connectivity index (χ2n) is 6.01. The second kappa shape index (κ2) is 9.96. The van der Waals surface area contributed by atoms with E-state index in [1.165, 1.54) is 29.8 Å². The van der Waals surface area contributed by atoms with Crippen molar-refractivity contribution in [1.82, 2.24) is 15.1 Å². The highest BCUT2D eigenvalue weighted by atomic mass is 16.5. The molecule has 0 spiro atoms. The molecule has 0 unspecified atom stereocenters. The number of aromatic nitrogens is 2. The summed E-state index contributed by atoms with van der Waals surface area (Å²) in [7, 11) is 1.74. The predicted octanol–water partition coefficient (Wildman–Crippen LogP) is 3.18. The Bertz CT molecular complexity index is 399. The topological polar surface area (TPSA) is 39.1 Å². The van der Waals surface area contributed by atoms with E-state index in [9.17, 15) is 0 Å². The van der Waals surface area contributed by atoms with Crippen molar-refractivity contribution in [1.29, 1.82) is 0 Å². The first-order valence-corrected chi connectivity index (χ1v) is 8.41. The van der Waals surface area contributed by atoms with Gasteiger partial charge in [-0.05, 0) is 31.6 Å². The lowest BCUT2D eigenvalue weighted by Crippen LogP contribution is -2.20. The quantitative estimate of drug-likeness (QED) is 0.637. The molecule has 1 aromatic heterocycles. The zero-order valence-electron chi connectivity index (χ0n) is 14.5. The lowest BCUT2D eigenvalue weighted by molar-refractivity contribution is 0.199. The predicted molar refractivity (Wildman–Crippen MR) is 88.6 cm³/mol. The highest BCUT2D eigenvalue weighted by molar-refractivity contribution is 5.26. The van der Waals surface area contributed by atoms with E-state index in [1.807, 2.05) is 0 Å². The standard InChI is InChI=1S/C17H33N3O/c1-6-16-15(13-18-10-12-21-5)17(7-2)20(19-16)11-8-9-14(3)4/h14,18H,6-13H2,1-5H3. The van der Waals surface area contributed by atoms with Gasteiger partial charge in [0, 0.05) is 38.0 Å². The zero-order valence-corrected chi connectivity index (χ0v) is 14.5. The van der Waals surface area contributed by atoms with Crippen molar-refractivity contribution in [2.75, 3.05) is 20.3 Å². The molecule has 122 valence electrons. The van der Waals surface area contributed by atoms with Crippen LogP contribution >= 0.6 is 0 Å². The smallest absolute Gasteiger partial charge is 0.0669 e. The largest absolute Gasteiger partial charge is 0.383 e. The Kier molecular flexibility index (Phi) is 8.62. The van der Waals surface area contributed by atoms with Crippen LogP contribution in [-0.2, 0) is 30.7 Å². The number of hydrogen-bond donors (Lipinski definition) is 1. The van der Waals surface area contributed by atoms with Crippen LogP contribution in [0, 0.1) is 5.92 Å². The van der Waals surface area contributed by atoms with Crippen molar-refractivity contribution in [2.24, 2.45) is 5.92 Å². The molecule has 0 atom stereocenters. The summed E-state index contributed by atoms with van der Waals surface area (Å²) in [5.74, 6) is 0.770. The molecule has 1 heterocycles. The number of nitrogens with zero attached hydrogens (tertiary/aromatic N) is 2. The van der Waals surface area contributed by atoms with E-state index in [-0.39, 0.29) is 0 Å². The highest BCUT2D eigenvalue weighted by Gasteiger charge is 2.14. The number of hydrogen-bond acceptors (Lipinski definition) is 3. The fourth-order valence-corrected chi connectivity index (χ4v) is 2.69. The van der Waals surface area contributed by atoms with Crippen molar-refractivity contribution >= 4 is 0 Å². The fourth-order valence-electron chi connectivity index (χ4n) is 2.69. The van der Waals surface area contributed by atoms with Crippen LogP contribution < -0.4 is 5.32 Å². The first kappa shape index (κ1) is 18.2. The summed E-state index contributed by atoms with van der Waals surface area (Å²) in [6.07, 6.45) is 4.54. The number of rotatable bonds is 11. The third-order valence-corrected chi connectivity index (χ3v) is 3.86. The van der Waals surface area contributed by atoms with Gasteiger partial charge in [0.25, 0.3) is 0 Å². The van der Waals surface area contributed by atoms with Gasteiger partial charge in [-0.1, -0.05) is 27.7 Å². The molecule has 0 amide bonds. The second-order valence-corrected chi connectivity index (χ2v) is 6.01. The maximum absolute atomic E-state index is 5.09. The summed E-state index contributed by atoms with van der Waals surface area (Å²) >= 11 is 0. The lowest BCUT2D eigenvalue weighted by Gasteiger charge is -2.10. The molecule has 0 aliphatic carbocycles. The third-order valence-electron chi connectivity index (χ3n) is 3.86. The first-order valence-electron chi connectivity index (χ1n) is 8.41. The summed E-state index contributed by atoms with van der Waals surface area (Å²) in [6.45, 7) is 12.6. The molecule has 0 radical (unpaired) electrons. The molecule has 0 aromatic carbocycles. The van der Waals surface area contributed by atoms with Gasteiger partial charge in [0.15, 0.2) is 0 Å². The van der Waals surface area contributed by atoms with Gasteiger partial charge in [-0.2, -0.15) is 5.10 Å². The Labute approximate surface area is 130 Å². The van der Waals surface area contributed by atoms with Crippen LogP contribution in [0.4, 0.5) is 0 Å². The molecular weight excluding hydrogens is 262 g/mol. The van der Waals surface area contributed by atoms with Crippen LogP contribution in [0.2, 0.25) is 0 Å². The average Bonchev–Trinajstić information content (AvgIpc) is 2.80. The SMILES string of the molecule is CCc1nn(CCCC(C)C)c(CC)c1CNCCOC. The Morgan fingerprint density at radius 2 is 2.00 bits per heavy atom. The molecule has 0 saturated carbocycles. The van der Waals surface area contributed by atoms with Crippen LogP contribution in [0.15, 0.2) is 0 Å². The Morgan fingerprint density at radius 3 is 2.57 bits per heavy atom. The van der Waals surface area contributed by atoms with Crippen LogP contribution in [-0.4, -0.2) is 30.0 Å². The van der Waals surface area contributed by atoms with E-state index in [0.717, 1.165) is 45.0 Å². The van der Waals surface area contributed by atoms with E-state index >= 15 is 0 Å². The van der Waals surface area contributed by atoms with E-state index in [0.29, 0.717) is 0 Å². The first-order chi connectivity index (χ1) is 10.1. The Hall–Kier alpha value is -0.870. The highest BCUT2D eigenvalue weighted by Crippen LogP contribution is 2.17. The maximum atomic E-state index is 5.09. The lowest BCUT2D eigenvalue weighted by atomic mass is 10.1. The summed E-state index contributed by atoms with van der Waals surface area (Å²) in [6, 6.07) is 0.